The third kappa shape index (κ3) is 2.86. The monoisotopic (exact) mass is 244 g/mol. The highest BCUT2D eigenvalue weighted by Crippen LogP contribution is 2.30. The molecule has 17 heavy (non-hydrogen) atoms. The van der Waals surface area contributed by atoms with Gasteiger partial charge in [0.15, 0.2) is 0 Å². The van der Waals surface area contributed by atoms with Crippen LogP contribution in [0.25, 0.3) is 0 Å². The summed E-state index contributed by atoms with van der Waals surface area (Å²) >= 11 is 1.69. The van der Waals surface area contributed by atoms with Crippen molar-refractivity contribution < 1.29 is 0 Å². The number of hydrogen-bond acceptors (Lipinski definition) is 3. The zero-order valence-electron chi connectivity index (χ0n) is 10.4. The number of benzene rings is 1. The molecule has 0 aliphatic rings. The molecule has 1 heterocycles. The van der Waals surface area contributed by atoms with Crippen LogP contribution in [-0.2, 0) is 6.42 Å². The van der Waals surface area contributed by atoms with Crippen LogP contribution in [0.3, 0.4) is 0 Å². The number of hydrogen-bond donors (Lipinski definition) is 0. The van der Waals surface area contributed by atoms with Gasteiger partial charge >= 0.3 is 0 Å². The molecule has 0 N–H and O–H groups in total. The van der Waals surface area contributed by atoms with Gasteiger partial charge in [-0.1, -0.05) is 30.8 Å². The molecule has 2 aromatic rings. The van der Waals surface area contributed by atoms with Crippen LogP contribution in [0.5, 0.6) is 0 Å². The summed E-state index contributed by atoms with van der Waals surface area (Å²) in [5.41, 5.74) is 3.67. The smallest absolute Gasteiger partial charge is 0.122 e. The van der Waals surface area contributed by atoms with Gasteiger partial charge in [0.1, 0.15) is 5.03 Å². The van der Waals surface area contributed by atoms with Crippen molar-refractivity contribution >= 4 is 11.8 Å². The molecule has 3 heteroatoms. The Morgan fingerprint density at radius 2 is 1.88 bits per heavy atom. The van der Waals surface area contributed by atoms with E-state index < -0.39 is 0 Å². The molecule has 0 aliphatic heterocycles. The summed E-state index contributed by atoms with van der Waals surface area (Å²) in [6.45, 7) is 6.31. The summed E-state index contributed by atoms with van der Waals surface area (Å²) < 4.78 is 0. The fourth-order valence-corrected chi connectivity index (χ4v) is 2.52. The van der Waals surface area contributed by atoms with Crippen LogP contribution >= 0.6 is 11.8 Å². The summed E-state index contributed by atoms with van der Waals surface area (Å²) in [7, 11) is 0. The van der Waals surface area contributed by atoms with Gasteiger partial charge in [0.25, 0.3) is 0 Å². The summed E-state index contributed by atoms with van der Waals surface area (Å²) in [4.78, 5) is 9.87. The van der Waals surface area contributed by atoms with Crippen LogP contribution in [0.4, 0.5) is 0 Å². The largest absolute Gasteiger partial charge is 0.257 e. The van der Waals surface area contributed by atoms with Crippen molar-refractivity contribution in [3.8, 4) is 0 Å². The molecular weight excluding hydrogens is 228 g/mol. The van der Waals surface area contributed by atoms with Crippen LogP contribution in [-0.4, -0.2) is 9.97 Å². The van der Waals surface area contributed by atoms with Gasteiger partial charge < -0.3 is 0 Å². The van der Waals surface area contributed by atoms with E-state index in [2.05, 4.69) is 42.0 Å². The van der Waals surface area contributed by atoms with Crippen molar-refractivity contribution in [2.75, 3.05) is 0 Å². The zero-order chi connectivity index (χ0) is 12.3. The van der Waals surface area contributed by atoms with E-state index in [-0.39, 0.29) is 0 Å². The molecular formula is C14H16N2S. The van der Waals surface area contributed by atoms with E-state index in [1.807, 2.05) is 6.92 Å². The van der Waals surface area contributed by atoms with E-state index in [1.165, 1.54) is 16.0 Å². The van der Waals surface area contributed by atoms with Crippen molar-refractivity contribution in [3.63, 3.8) is 0 Å². The van der Waals surface area contributed by atoms with Crippen molar-refractivity contribution in [1.82, 2.24) is 9.97 Å². The van der Waals surface area contributed by atoms with Gasteiger partial charge in [-0.15, -0.1) is 0 Å². The maximum Gasteiger partial charge on any atom is 0.122 e. The number of aromatic nitrogens is 2. The Morgan fingerprint density at radius 1 is 1.12 bits per heavy atom. The first kappa shape index (κ1) is 12.1. The van der Waals surface area contributed by atoms with Crippen LogP contribution in [0.15, 0.2) is 40.5 Å². The molecule has 0 atom stereocenters. The van der Waals surface area contributed by atoms with Crippen molar-refractivity contribution in [2.45, 2.75) is 37.1 Å². The average Bonchev–Trinajstić information content (AvgIpc) is 2.34. The molecule has 0 spiro atoms. The highest BCUT2D eigenvalue weighted by Gasteiger charge is 2.05. The molecule has 0 bridgehead atoms. The lowest BCUT2D eigenvalue weighted by molar-refractivity contribution is 0.984. The second-order valence-corrected chi connectivity index (χ2v) is 5.03. The van der Waals surface area contributed by atoms with Gasteiger partial charge in [0.2, 0.25) is 0 Å². The van der Waals surface area contributed by atoms with Crippen molar-refractivity contribution in [1.29, 1.82) is 0 Å². The van der Waals surface area contributed by atoms with Crippen LogP contribution < -0.4 is 0 Å². The Hall–Kier alpha value is -1.35. The summed E-state index contributed by atoms with van der Waals surface area (Å²) in [6.07, 6.45) is 4.55. The topological polar surface area (TPSA) is 25.8 Å². The molecule has 0 saturated carbocycles. The third-order valence-corrected chi connectivity index (χ3v) is 3.96. The Bertz CT molecular complexity index is 523. The minimum Gasteiger partial charge on any atom is -0.257 e. The average molecular weight is 244 g/mol. The quantitative estimate of drug-likeness (QED) is 0.821. The number of rotatable bonds is 3. The maximum atomic E-state index is 4.36. The summed E-state index contributed by atoms with van der Waals surface area (Å²) in [5, 5.41) is 0.986. The molecule has 0 amide bonds. The first-order valence-corrected chi connectivity index (χ1v) is 6.57. The fraction of sp³-hybridized carbons (Fsp3) is 0.286. The Kier molecular flexibility index (Phi) is 3.79. The van der Waals surface area contributed by atoms with E-state index in [9.17, 15) is 0 Å². The molecule has 1 aromatic carbocycles. The lowest BCUT2D eigenvalue weighted by Gasteiger charge is -2.07. The van der Waals surface area contributed by atoms with Crippen molar-refractivity contribution in [3.05, 3.63) is 47.4 Å². The van der Waals surface area contributed by atoms with Gasteiger partial charge in [0.05, 0.1) is 5.69 Å². The van der Waals surface area contributed by atoms with Gasteiger partial charge in [0, 0.05) is 17.3 Å². The third-order valence-electron chi connectivity index (χ3n) is 2.69. The van der Waals surface area contributed by atoms with E-state index >= 15 is 0 Å². The van der Waals surface area contributed by atoms with Crippen LogP contribution in [0.1, 0.15) is 23.7 Å². The SMILES string of the molecule is CCc1ccc(Sc2nccnc2C)c(C)c1. The molecule has 2 rings (SSSR count). The predicted octanol–water partition coefficient (Wildman–Crippen LogP) is 3.81. The first-order valence-electron chi connectivity index (χ1n) is 5.75. The van der Waals surface area contributed by atoms with E-state index in [1.54, 1.807) is 24.2 Å². The zero-order valence-corrected chi connectivity index (χ0v) is 11.2. The fourth-order valence-electron chi connectivity index (χ4n) is 1.65. The first-order chi connectivity index (χ1) is 8.20. The second kappa shape index (κ2) is 5.32. The van der Waals surface area contributed by atoms with Gasteiger partial charge in [-0.05, 0) is 37.5 Å². The molecule has 2 nitrogen and oxygen atoms in total. The lowest BCUT2D eigenvalue weighted by atomic mass is 10.1. The minimum atomic E-state index is 0.983. The minimum absolute atomic E-state index is 0.983. The summed E-state index contributed by atoms with van der Waals surface area (Å²) in [5.74, 6) is 0. The molecule has 88 valence electrons. The van der Waals surface area contributed by atoms with Gasteiger partial charge in [-0.25, -0.2) is 4.98 Å². The molecule has 0 radical (unpaired) electrons. The highest BCUT2D eigenvalue weighted by molar-refractivity contribution is 7.99. The van der Waals surface area contributed by atoms with Crippen LogP contribution in [0, 0.1) is 13.8 Å². The molecule has 0 saturated heterocycles. The Morgan fingerprint density at radius 3 is 2.53 bits per heavy atom. The Labute approximate surface area is 107 Å². The molecule has 0 aliphatic carbocycles. The van der Waals surface area contributed by atoms with E-state index in [4.69, 9.17) is 0 Å². The van der Waals surface area contributed by atoms with Gasteiger partial charge in [-0.2, -0.15) is 0 Å². The summed E-state index contributed by atoms with van der Waals surface area (Å²) in [6, 6.07) is 6.60. The maximum absolute atomic E-state index is 4.36. The standard InChI is InChI=1S/C14H16N2S/c1-4-12-5-6-13(10(2)9-12)17-14-11(3)15-7-8-16-14/h5-9H,4H2,1-3H3. The lowest BCUT2D eigenvalue weighted by Crippen LogP contribution is -1.90. The Balaban J connectivity index is 2.28. The van der Waals surface area contributed by atoms with E-state index in [0.717, 1.165) is 17.1 Å². The van der Waals surface area contributed by atoms with Gasteiger partial charge in [-0.3, -0.25) is 4.98 Å². The molecule has 0 fully saturated rings. The highest BCUT2D eigenvalue weighted by atomic mass is 32.2. The number of nitrogens with zero attached hydrogens (tertiary/aromatic N) is 2. The predicted molar refractivity (Wildman–Crippen MR) is 71.4 cm³/mol. The number of aryl methyl sites for hydroxylation is 3. The van der Waals surface area contributed by atoms with Crippen LogP contribution in [0.2, 0.25) is 0 Å². The van der Waals surface area contributed by atoms with Crippen molar-refractivity contribution in [2.24, 2.45) is 0 Å². The second-order valence-electron chi connectivity index (χ2n) is 4.00. The van der Waals surface area contributed by atoms with E-state index in [0.29, 0.717) is 0 Å². The normalized spacial score (nSPS) is 10.5. The molecule has 1 aromatic heterocycles. The molecule has 0 unspecified atom stereocenters.